The number of benzene rings is 2. The van der Waals surface area contributed by atoms with Crippen LogP contribution in [0.25, 0.3) is 0 Å². The van der Waals surface area contributed by atoms with Crippen LogP contribution in [0.1, 0.15) is 30.7 Å². The van der Waals surface area contributed by atoms with E-state index >= 15 is 0 Å². The SMILES string of the molecule is c1ccc(N[C@@H]2CCC[C@H]2c2ccccc2)cc1. The number of hydrogen-bond acceptors (Lipinski definition) is 1. The molecule has 3 rings (SSSR count). The Bertz CT molecular complexity index is 477. The van der Waals surface area contributed by atoms with Gasteiger partial charge in [0.25, 0.3) is 0 Å². The molecule has 1 saturated carbocycles. The molecule has 0 unspecified atom stereocenters. The minimum Gasteiger partial charge on any atom is -0.382 e. The van der Waals surface area contributed by atoms with Gasteiger partial charge in [0, 0.05) is 17.6 Å². The largest absolute Gasteiger partial charge is 0.382 e. The van der Waals surface area contributed by atoms with Crippen molar-refractivity contribution in [2.75, 3.05) is 5.32 Å². The summed E-state index contributed by atoms with van der Waals surface area (Å²) < 4.78 is 0. The lowest BCUT2D eigenvalue weighted by molar-refractivity contribution is 0.650. The van der Waals surface area contributed by atoms with Crippen molar-refractivity contribution in [2.24, 2.45) is 0 Å². The van der Waals surface area contributed by atoms with Gasteiger partial charge in [0.15, 0.2) is 0 Å². The molecule has 2 aromatic carbocycles. The van der Waals surface area contributed by atoms with Crippen LogP contribution < -0.4 is 5.32 Å². The second-order valence-electron chi connectivity index (χ2n) is 5.06. The van der Waals surface area contributed by atoms with Crippen LogP contribution in [0.3, 0.4) is 0 Å². The second kappa shape index (κ2) is 5.26. The summed E-state index contributed by atoms with van der Waals surface area (Å²) in [5.41, 5.74) is 2.72. The van der Waals surface area contributed by atoms with E-state index in [2.05, 4.69) is 66.0 Å². The predicted molar refractivity (Wildman–Crippen MR) is 76.9 cm³/mol. The topological polar surface area (TPSA) is 12.0 Å². The molecule has 1 N–H and O–H groups in total. The maximum atomic E-state index is 3.69. The molecule has 1 aliphatic carbocycles. The van der Waals surface area contributed by atoms with Crippen LogP contribution >= 0.6 is 0 Å². The highest BCUT2D eigenvalue weighted by atomic mass is 14.9. The van der Waals surface area contributed by atoms with Gasteiger partial charge in [0.05, 0.1) is 0 Å². The van der Waals surface area contributed by atoms with Crippen molar-refractivity contribution >= 4 is 5.69 Å². The first-order valence-corrected chi connectivity index (χ1v) is 6.80. The fraction of sp³-hybridized carbons (Fsp3) is 0.294. The average Bonchev–Trinajstić information content (AvgIpc) is 2.89. The minimum absolute atomic E-state index is 0.579. The van der Waals surface area contributed by atoms with Gasteiger partial charge in [0.1, 0.15) is 0 Å². The molecule has 18 heavy (non-hydrogen) atoms. The summed E-state index contributed by atoms with van der Waals surface area (Å²) in [6.07, 6.45) is 3.90. The zero-order valence-corrected chi connectivity index (χ0v) is 10.5. The van der Waals surface area contributed by atoms with Gasteiger partial charge in [-0.3, -0.25) is 0 Å². The molecule has 2 atom stereocenters. The van der Waals surface area contributed by atoms with Gasteiger partial charge in [-0.05, 0) is 30.5 Å². The first kappa shape index (κ1) is 11.3. The molecule has 0 aromatic heterocycles. The Hall–Kier alpha value is -1.76. The van der Waals surface area contributed by atoms with E-state index in [1.54, 1.807) is 0 Å². The third-order valence-electron chi connectivity index (χ3n) is 3.87. The highest BCUT2D eigenvalue weighted by Crippen LogP contribution is 2.36. The van der Waals surface area contributed by atoms with Gasteiger partial charge < -0.3 is 5.32 Å². The lowest BCUT2D eigenvalue weighted by Crippen LogP contribution is -2.22. The van der Waals surface area contributed by atoms with E-state index in [0.29, 0.717) is 12.0 Å². The normalized spacial score (nSPS) is 22.9. The molecule has 0 amide bonds. The molecule has 0 radical (unpaired) electrons. The van der Waals surface area contributed by atoms with Gasteiger partial charge in [-0.2, -0.15) is 0 Å². The number of rotatable bonds is 3. The molecule has 92 valence electrons. The summed E-state index contributed by atoms with van der Waals surface area (Å²) in [7, 11) is 0. The quantitative estimate of drug-likeness (QED) is 0.832. The Morgan fingerprint density at radius 2 is 1.44 bits per heavy atom. The monoisotopic (exact) mass is 237 g/mol. The molecular weight excluding hydrogens is 218 g/mol. The molecule has 1 nitrogen and oxygen atoms in total. The van der Waals surface area contributed by atoms with Crippen LogP contribution in [0.2, 0.25) is 0 Å². The lowest BCUT2D eigenvalue weighted by atomic mass is 9.94. The van der Waals surface area contributed by atoms with Crippen molar-refractivity contribution in [1.82, 2.24) is 0 Å². The molecule has 0 spiro atoms. The Morgan fingerprint density at radius 1 is 0.778 bits per heavy atom. The highest BCUT2D eigenvalue weighted by molar-refractivity contribution is 5.44. The van der Waals surface area contributed by atoms with Crippen LogP contribution in [0, 0.1) is 0 Å². The molecule has 1 aliphatic rings. The van der Waals surface area contributed by atoms with Crippen LogP contribution in [-0.2, 0) is 0 Å². The zero-order valence-electron chi connectivity index (χ0n) is 10.5. The van der Waals surface area contributed by atoms with Gasteiger partial charge >= 0.3 is 0 Å². The fourth-order valence-electron chi connectivity index (χ4n) is 2.98. The smallest absolute Gasteiger partial charge is 0.0342 e. The van der Waals surface area contributed by atoms with Crippen LogP contribution in [-0.4, -0.2) is 6.04 Å². The lowest BCUT2D eigenvalue weighted by Gasteiger charge is -2.22. The Labute approximate surface area is 109 Å². The fourth-order valence-corrected chi connectivity index (χ4v) is 2.98. The molecule has 0 bridgehead atoms. The second-order valence-corrected chi connectivity index (χ2v) is 5.06. The van der Waals surface area contributed by atoms with E-state index in [9.17, 15) is 0 Å². The zero-order chi connectivity index (χ0) is 12.2. The van der Waals surface area contributed by atoms with Crippen molar-refractivity contribution in [3.05, 3.63) is 66.2 Å². The van der Waals surface area contributed by atoms with E-state index in [4.69, 9.17) is 0 Å². The third kappa shape index (κ3) is 2.40. The van der Waals surface area contributed by atoms with Gasteiger partial charge in [-0.25, -0.2) is 0 Å². The van der Waals surface area contributed by atoms with E-state index < -0.39 is 0 Å². The molecule has 0 heterocycles. The van der Waals surface area contributed by atoms with Gasteiger partial charge in [-0.1, -0.05) is 55.0 Å². The third-order valence-corrected chi connectivity index (χ3v) is 3.87. The van der Waals surface area contributed by atoms with Crippen molar-refractivity contribution in [1.29, 1.82) is 0 Å². The number of nitrogens with one attached hydrogen (secondary N) is 1. The summed E-state index contributed by atoms with van der Waals surface area (Å²) in [5, 5.41) is 3.69. The Morgan fingerprint density at radius 3 is 2.17 bits per heavy atom. The Kier molecular flexibility index (Phi) is 3.31. The molecule has 1 heteroatoms. The summed E-state index contributed by atoms with van der Waals surface area (Å²) >= 11 is 0. The van der Waals surface area contributed by atoms with Crippen LogP contribution in [0.5, 0.6) is 0 Å². The van der Waals surface area contributed by atoms with Crippen molar-refractivity contribution < 1.29 is 0 Å². The first-order valence-electron chi connectivity index (χ1n) is 6.80. The van der Waals surface area contributed by atoms with E-state index in [-0.39, 0.29) is 0 Å². The van der Waals surface area contributed by atoms with Crippen molar-refractivity contribution in [3.8, 4) is 0 Å². The number of hydrogen-bond donors (Lipinski definition) is 1. The molecule has 0 aliphatic heterocycles. The van der Waals surface area contributed by atoms with Crippen molar-refractivity contribution in [2.45, 2.75) is 31.2 Å². The summed E-state index contributed by atoms with van der Waals surface area (Å²) in [4.78, 5) is 0. The van der Waals surface area contributed by atoms with Gasteiger partial charge in [0.2, 0.25) is 0 Å². The van der Waals surface area contributed by atoms with E-state index in [1.807, 2.05) is 0 Å². The number of anilines is 1. The predicted octanol–water partition coefficient (Wildman–Crippen LogP) is 4.43. The number of para-hydroxylation sites is 1. The summed E-state index contributed by atoms with van der Waals surface area (Å²) in [6.45, 7) is 0. The molecule has 0 saturated heterocycles. The summed E-state index contributed by atoms with van der Waals surface area (Å²) in [5.74, 6) is 0.659. The maximum absolute atomic E-state index is 3.69. The first-order chi connectivity index (χ1) is 8.93. The maximum Gasteiger partial charge on any atom is 0.0342 e. The van der Waals surface area contributed by atoms with Gasteiger partial charge in [-0.15, -0.1) is 0 Å². The van der Waals surface area contributed by atoms with Crippen molar-refractivity contribution in [3.63, 3.8) is 0 Å². The van der Waals surface area contributed by atoms with E-state index in [0.717, 1.165) is 0 Å². The van der Waals surface area contributed by atoms with E-state index in [1.165, 1.54) is 30.5 Å². The standard InChI is InChI=1S/C17H19N/c1-3-8-14(9-4-1)16-12-7-13-17(16)18-15-10-5-2-6-11-15/h1-6,8-11,16-18H,7,12-13H2/t16-,17+/m0/s1. The molecule has 1 fully saturated rings. The summed E-state index contributed by atoms with van der Waals surface area (Å²) in [6, 6.07) is 22.0. The average molecular weight is 237 g/mol. The molecule has 2 aromatic rings. The van der Waals surface area contributed by atoms with Crippen LogP contribution in [0.15, 0.2) is 60.7 Å². The molecular formula is C17H19N. The Balaban J connectivity index is 1.76. The minimum atomic E-state index is 0.579. The van der Waals surface area contributed by atoms with Crippen LogP contribution in [0.4, 0.5) is 5.69 Å². The highest BCUT2D eigenvalue weighted by Gasteiger charge is 2.28.